The fourth-order valence-electron chi connectivity index (χ4n) is 0.979. The van der Waals surface area contributed by atoms with Gasteiger partial charge in [0.1, 0.15) is 0 Å². The molecule has 0 aromatic heterocycles. The van der Waals surface area contributed by atoms with Gasteiger partial charge in [-0.25, -0.2) is 0 Å². The molecule has 84 valence electrons. The predicted octanol–water partition coefficient (Wildman–Crippen LogP) is -0.468. The zero-order valence-electron chi connectivity index (χ0n) is 9.20. The van der Waals surface area contributed by atoms with Crippen molar-refractivity contribution in [1.82, 2.24) is 0 Å². The van der Waals surface area contributed by atoms with Crippen LogP contribution >= 0.6 is 0 Å². The highest BCUT2D eigenvalue weighted by Gasteiger charge is 2.33. The highest BCUT2D eigenvalue weighted by molar-refractivity contribution is 5.72. The second-order valence-corrected chi connectivity index (χ2v) is 5.05. The lowest BCUT2D eigenvalue weighted by molar-refractivity contribution is -0.322. The van der Waals surface area contributed by atoms with Crippen LogP contribution < -0.4 is 5.11 Å². The van der Waals surface area contributed by atoms with Crippen LogP contribution in [0.15, 0.2) is 0 Å². The summed E-state index contributed by atoms with van der Waals surface area (Å²) in [5, 5.41) is 29.4. The largest absolute Gasteiger partial charge is 0.549 e. The zero-order chi connectivity index (χ0) is 11.6. The van der Waals surface area contributed by atoms with Gasteiger partial charge in [-0.2, -0.15) is 0 Å². The van der Waals surface area contributed by atoms with Gasteiger partial charge in [0.05, 0.1) is 6.10 Å². The van der Waals surface area contributed by atoms with E-state index in [-0.39, 0.29) is 13.0 Å². The van der Waals surface area contributed by atoms with Gasteiger partial charge in [-0.15, -0.1) is 0 Å². The number of rotatable bonds is 5. The molecule has 0 aromatic rings. The molecule has 4 heteroatoms. The number of hydrogen-bond donors (Lipinski definition) is 2. The summed E-state index contributed by atoms with van der Waals surface area (Å²) in [6, 6.07) is 0. The van der Waals surface area contributed by atoms with Crippen molar-refractivity contribution in [2.45, 2.75) is 40.2 Å². The van der Waals surface area contributed by atoms with Gasteiger partial charge in [0.2, 0.25) is 0 Å². The smallest absolute Gasteiger partial charge is 0.0649 e. The van der Waals surface area contributed by atoms with Crippen LogP contribution in [0, 0.1) is 10.8 Å². The van der Waals surface area contributed by atoms with Crippen molar-refractivity contribution < 1.29 is 20.1 Å². The molecule has 0 rings (SSSR count). The Morgan fingerprint density at radius 2 is 1.79 bits per heavy atom. The summed E-state index contributed by atoms with van der Waals surface area (Å²) in [6.07, 6.45) is -0.792. The standard InChI is InChI=1S/C10H20O4/c1-9(2,6-11)5-7(12)10(3,4)8(13)14/h7,11-12H,5-6H2,1-4H3,(H,13,14)/p-1. The van der Waals surface area contributed by atoms with Crippen molar-refractivity contribution in [3.8, 4) is 0 Å². The Bertz CT molecular complexity index is 208. The predicted molar refractivity (Wildman–Crippen MR) is 50.3 cm³/mol. The van der Waals surface area contributed by atoms with Crippen molar-refractivity contribution in [2.24, 2.45) is 10.8 Å². The average molecular weight is 203 g/mol. The van der Waals surface area contributed by atoms with E-state index in [1.807, 2.05) is 0 Å². The molecule has 0 saturated heterocycles. The van der Waals surface area contributed by atoms with Crippen LogP contribution in [0.1, 0.15) is 34.1 Å². The maximum atomic E-state index is 10.7. The summed E-state index contributed by atoms with van der Waals surface area (Å²) < 4.78 is 0. The molecule has 0 radical (unpaired) electrons. The molecule has 0 aliphatic heterocycles. The Balaban J connectivity index is 4.49. The van der Waals surface area contributed by atoms with Crippen LogP contribution in [0.2, 0.25) is 0 Å². The summed E-state index contributed by atoms with van der Waals surface area (Å²) in [4.78, 5) is 10.7. The van der Waals surface area contributed by atoms with Crippen molar-refractivity contribution in [1.29, 1.82) is 0 Å². The van der Waals surface area contributed by atoms with Crippen molar-refractivity contribution in [3.63, 3.8) is 0 Å². The Morgan fingerprint density at radius 3 is 2.07 bits per heavy atom. The number of hydrogen-bond acceptors (Lipinski definition) is 4. The topological polar surface area (TPSA) is 80.6 Å². The first kappa shape index (κ1) is 13.4. The lowest BCUT2D eigenvalue weighted by atomic mass is 9.77. The van der Waals surface area contributed by atoms with Crippen LogP contribution in [0.3, 0.4) is 0 Å². The molecule has 0 aliphatic rings. The van der Waals surface area contributed by atoms with Crippen molar-refractivity contribution >= 4 is 5.97 Å². The Kier molecular flexibility index (Phi) is 4.09. The average Bonchev–Trinajstić information content (AvgIpc) is 2.03. The van der Waals surface area contributed by atoms with Gasteiger partial charge in [0, 0.05) is 18.0 Å². The molecule has 0 saturated carbocycles. The number of carbonyl (C=O) groups excluding carboxylic acids is 1. The highest BCUT2D eigenvalue weighted by atomic mass is 16.4. The van der Waals surface area contributed by atoms with Gasteiger partial charge in [-0.3, -0.25) is 0 Å². The molecule has 0 heterocycles. The first-order valence-electron chi connectivity index (χ1n) is 4.64. The van der Waals surface area contributed by atoms with E-state index in [9.17, 15) is 15.0 Å². The fourth-order valence-corrected chi connectivity index (χ4v) is 0.979. The molecule has 0 amide bonds. The van der Waals surface area contributed by atoms with Crippen LogP contribution in [-0.2, 0) is 4.79 Å². The van der Waals surface area contributed by atoms with E-state index in [0.717, 1.165) is 0 Å². The summed E-state index contributed by atoms with van der Waals surface area (Å²) in [5.41, 5.74) is -1.77. The molecular weight excluding hydrogens is 184 g/mol. The van der Waals surface area contributed by atoms with Gasteiger partial charge in [0.25, 0.3) is 0 Å². The molecule has 0 bridgehead atoms. The minimum absolute atomic E-state index is 0.0901. The summed E-state index contributed by atoms with van der Waals surface area (Å²) >= 11 is 0. The maximum absolute atomic E-state index is 10.7. The Labute approximate surface area is 84.6 Å². The molecule has 0 aromatic carbocycles. The SMILES string of the molecule is CC(C)(CO)CC(O)C(C)(C)C(=O)[O-]. The van der Waals surface area contributed by atoms with Crippen LogP contribution in [0.25, 0.3) is 0 Å². The fraction of sp³-hybridized carbons (Fsp3) is 0.900. The quantitative estimate of drug-likeness (QED) is 0.633. The molecule has 0 fully saturated rings. The first-order valence-corrected chi connectivity index (χ1v) is 4.64. The van der Waals surface area contributed by atoms with Gasteiger partial charge in [0.15, 0.2) is 0 Å². The molecule has 0 spiro atoms. The lowest BCUT2D eigenvalue weighted by Gasteiger charge is -2.35. The van der Waals surface area contributed by atoms with Crippen LogP contribution in [0.5, 0.6) is 0 Å². The minimum atomic E-state index is -1.29. The molecule has 14 heavy (non-hydrogen) atoms. The number of aliphatic carboxylic acids is 1. The highest BCUT2D eigenvalue weighted by Crippen LogP contribution is 2.30. The van der Waals surface area contributed by atoms with Crippen molar-refractivity contribution in [2.75, 3.05) is 6.61 Å². The lowest BCUT2D eigenvalue weighted by Crippen LogP contribution is -2.47. The molecule has 4 nitrogen and oxygen atoms in total. The monoisotopic (exact) mass is 203 g/mol. The molecule has 2 N–H and O–H groups in total. The minimum Gasteiger partial charge on any atom is -0.549 e. The normalized spacial score (nSPS) is 15.3. The van der Waals surface area contributed by atoms with Gasteiger partial charge < -0.3 is 20.1 Å². The van der Waals surface area contributed by atoms with Gasteiger partial charge in [-0.05, 0) is 11.8 Å². The third-order valence-corrected chi connectivity index (χ3v) is 2.53. The van der Waals surface area contributed by atoms with E-state index < -0.39 is 22.9 Å². The van der Waals surface area contributed by atoms with E-state index in [0.29, 0.717) is 0 Å². The van der Waals surface area contributed by atoms with E-state index in [1.165, 1.54) is 13.8 Å². The van der Waals surface area contributed by atoms with Crippen molar-refractivity contribution in [3.05, 3.63) is 0 Å². The second kappa shape index (κ2) is 4.28. The zero-order valence-corrected chi connectivity index (χ0v) is 9.20. The summed E-state index contributed by atoms with van der Waals surface area (Å²) in [5.74, 6) is -1.28. The number of carbonyl (C=O) groups is 1. The number of carboxylic acid groups (broad SMARTS) is 1. The van der Waals surface area contributed by atoms with Crippen LogP contribution in [0.4, 0.5) is 0 Å². The third kappa shape index (κ3) is 3.27. The molecule has 0 aliphatic carbocycles. The van der Waals surface area contributed by atoms with E-state index in [4.69, 9.17) is 5.11 Å². The Morgan fingerprint density at radius 1 is 1.36 bits per heavy atom. The van der Waals surface area contributed by atoms with Gasteiger partial charge >= 0.3 is 0 Å². The van der Waals surface area contributed by atoms with Crippen LogP contribution in [-0.4, -0.2) is 28.9 Å². The summed E-state index contributed by atoms with van der Waals surface area (Å²) in [7, 11) is 0. The Hall–Kier alpha value is -0.610. The molecule has 1 unspecified atom stereocenters. The van der Waals surface area contributed by atoms with E-state index in [1.54, 1.807) is 13.8 Å². The third-order valence-electron chi connectivity index (χ3n) is 2.53. The number of aliphatic hydroxyl groups excluding tert-OH is 2. The maximum Gasteiger partial charge on any atom is 0.0649 e. The molecule has 1 atom stereocenters. The van der Waals surface area contributed by atoms with Gasteiger partial charge in [-0.1, -0.05) is 27.7 Å². The number of aliphatic hydroxyl groups is 2. The van der Waals surface area contributed by atoms with E-state index in [2.05, 4.69) is 0 Å². The first-order chi connectivity index (χ1) is 6.13. The summed E-state index contributed by atoms with van der Waals surface area (Å²) in [6.45, 7) is 6.28. The molecular formula is C10H19O4-. The number of carboxylic acids is 1. The second-order valence-electron chi connectivity index (χ2n) is 5.05. The van der Waals surface area contributed by atoms with E-state index >= 15 is 0 Å².